The molecule has 1 aromatic heterocycles. The SMILES string of the molecule is OC(c1ccncn1)C(F)F. The molecule has 1 rings (SSSR count). The number of aliphatic hydroxyl groups is 1. The highest BCUT2D eigenvalue weighted by Crippen LogP contribution is 2.16. The van der Waals surface area contributed by atoms with Gasteiger partial charge in [-0.15, -0.1) is 0 Å². The topological polar surface area (TPSA) is 46.0 Å². The quantitative estimate of drug-likeness (QED) is 0.695. The van der Waals surface area contributed by atoms with E-state index in [0.29, 0.717) is 0 Å². The zero-order valence-corrected chi connectivity index (χ0v) is 5.48. The molecule has 0 fully saturated rings. The van der Waals surface area contributed by atoms with Gasteiger partial charge in [0.1, 0.15) is 6.33 Å². The molecular weight excluding hydrogens is 154 g/mol. The van der Waals surface area contributed by atoms with Crippen LogP contribution < -0.4 is 0 Å². The van der Waals surface area contributed by atoms with E-state index in [2.05, 4.69) is 9.97 Å². The van der Waals surface area contributed by atoms with E-state index in [0.717, 1.165) is 6.33 Å². The van der Waals surface area contributed by atoms with E-state index in [9.17, 15) is 8.78 Å². The molecule has 0 aliphatic heterocycles. The highest BCUT2D eigenvalue weighted by molar-refractivity contribution is 5.02. The summed E-state index contributed by atoms with van der Waals surface area (Å²) in [6.07, 6.45) is -2.20. The Balaban J connectivity index is 2.77. The summed E-state index contributed by atoms with van der Waals surface area (Å²) in [5.41, 5.74) is -0.0602. The lowest BCUT2D eigenvalue weighted by atomic mass is 10.2. The summed E-state index contributed by atoms with van der Waals surface area (Å²) in [5, 5.41) is 8.76. The van der Waals surface area contributed by atoms with Crippen LogP contribution in [0.3, 0.4) is 0 Å². The molecule has 0 aromatic carbocycles. The molecule has 0 aliphatic carbocycles. The highest BCUT2D eigenvalue weighted by atomic mass is 19.3. The number of hydrogen-bond donors (Lipinski definition) is 1. The lowest BCUT2D eigenvalue weighted by Gasteiger charge is -2.06. The summed E-state index contributed by atoms with van der Waals surface area (Å²) >= 11 is 0. The Kier molecular flexibility index (Phi) is 2.43. The number of alkyl halides is 2. The van der Waals surface area contributed by atoms with Gasteiger partial charge in [0.15, 0.2) is 6.10 Å². The molecule has 0 amide bonds. The zero-order chi connectivity index (χ0) is 8.27. The molecule has 60 valence electrons. The van der Waals surface area contributed by atoms with Gasteiger partial charge in [0.2, 0.25) is 0 Å². The Morgan fingerprint density at radius 3 is 2.64 bits per heavy atom. The Morgan fingerprint density at radius 2 is 2.18 bits per heavy atom. The maximum Gasteiger partial charge on any atom is 0.269 e. The van der Waals surface area contributed by atoms with Gasteiger partial charge in [-0.2, -0.15) is 0 Å². The molecule has 5 heteroatoms. The maximum atomic E-state index is 11.8. The Hall–Kier alpha value is -1.10. The first-order valence-corrected chi connectivity index (χ1v) is 2.94. The fraction of sp³-hybridized carbons (Fsp3) is 0.333. The summed E-state index contributed by atoms with van der Waals surface area (Å²) in [5.74, 6) is 0. The third-order valence-corrected chi connectivity index (χ3v) is 1.15. The minimum atomic E-state index is -2.80. The van der Waals surface area contributed by atoms with Crippen LogP contribution in [0.25, 0.3) is 0 Å². The number of rotatable bonds is 2. The average molecular weight is 160 g/mol. The van der Waals surface area contributed by atoms with Crippen LogP contribution in [0.5, 0.6) is 0 Å². The zero-order valence-electron chi connectivity index (χ0n) is 5.48. The maximum absolute atomic E-state index is 11.8. The van der Waals surface area contributed by atoms with E-state index in [1.54, 1.807) is 0 Å². The van der Waals surface area contributed by atoms with E-state index >= 15 is 0 Å². The van der Waals surface area contributed by atoms with Crippen molar-refractivity contribution in [2.75, 3.05) is 0 Å². The van der Waals surface area contributed by atoms with Crippen LogP contribution in [0.4, 0.5) is 8.78 Å². The summed E-state index contributed by atoms with van der Waals surface area (Å²) in [6.45, 7) is 0. The molecule has 3 nitrogen and oxygen atoms in total. The fourth-order valence-corrected chi connectivity index (χ4v) is 0.605. The van der Waals surface area contributed by atoms with Crippen molar-refractivity contribution in [1.29, 1.82) is 0 Å². The molecule has 0 saturated heterocycles. The fourth-order valence-electron chi connectivity index (χ4n) is 0.605. The monoisotopic (exact) mass is 160 g/mol. The molecule has 0 saturated carbocycles. The molecule has 1 aromatic rings. The second-order valence-electron chi connectivity index (χ2n) is 1.91. The summed E-state index contributed by atoms with van der Waals surface area (Å²) in [6, 6.07) is 1.25. The molecule has 1 heterocycles. The molecule has 1 N–H and O–H groups in total. The summed E-state index contributed by atoms with van der Waals surface area (Å²) in [7, 11) is 0. The minimum Gasteiger partial charge on any atom is -0.381 e. The molecule has 11 heavy (non-hydrogen) atoms. The van der Waals surface area contributed by atoms with Gasteiger partial charge >= 0.3 is 0 Å². The van der Waals surface area contributed by atoms with E-state index in [4.69, 9.17) is 5.11 Å². The molecule has 1 atom stereocenters. The third kappa shape index (κ3) is 1.91. The van der Waals surface area contributed by atoms with Crippen molar-refractivity contribution in [2.45, 2.75) is 12.5 Å². The second-order valence-corrected chi connectivity index (χ2v) is 1.91. The van der Waals surface area contributed by atoms with Crippen LogP contribution in [0.15, 0.2) is 18.6 Å². The van der Waals surface area contributed by atoms with Gasteiger partial charge < -0.3 is 5.11 Å². The van der Waals surface area contributed by atoms with Gasteiger partial charge in [-0.3, -0.25) is 0 Å². The summed E-state index contributed by atoms with van der Waals surface area (Å²) in [4.78, 5) is 6.98. The highest BCUT2D eigenvalue weighted by Gasteiger charge is 2.19. The van der Waals surface area contributed by atoms with Crippen LogP contribution >= 0.6 is 0 Å². The lowest BCUT2D eigenvalue weighted by Crippen LogP contribution is -2.09. The standard InChI is InChI=1S/C6H6F2N2O/c7-6(8)5(11)4-1-2-9-3-10-4/h1-3,5-6,11H. The van der Waals surface area contributed by atoms with Gasteiger partial charge in [0.25, 0.3) is 6.43 Å². The minimum absolute atomic E-state index is 0.0602. The molecular formula is C6H6F2N2O. The Morgan fingerprint density at radius 1 is 1.45 bits per heavy atom. The predicted octanol–water partition coefficient (Wildman–Crippen LogP) is 0.775. The van der Waals surface area contributed by atoms with Crippen molar-refractivity contribution in [2.24, 2.45) is 0 Å². The Bertz CT molecular complexity index is 217. The Labute approximate surface area is 61.7 Å². The average Bonchev–Trinajstić information content (AvgIpc) is 2.05. The largest absolute Gasteiger partial charge is 0.381 e. The number of halogens is 2. The smallest absolute Gasteiger partial charge is 0.269 e. The number of aromatic nitrogens is 2. The predicted molar refractivity (Wildman–Crippen MR) is 33.0 cm³/mol. The van der Waals surface area contributed by atoms with Gasteiger partial charge in [-0.1, -0.05) is 0 Å². The van der Waals surface area contributed by atoms with Crippen LogP contribution in [0.2, 0.25) is 0 Å². The first kappa shape index (κ1) is 8.00. The number of nitrogens with zero attached hydrogens (tertiary/aromatic N) is 2. The van der Waals surface area contributed by atoms with Crippen molar-refractivity contribution in [1.82, 2.24) is 9.97 Å². The first-order chi connectivity index (χ1) is 5.22. The van der Waals surface area contributed by atoms with Gasteiger partial charge in [0, 0.05) is 6.20 Å². The van der Waals surface area contributed by atoms with Crippen molar-refractivity contribution in [3.8, 4) is 0 Å². The van der Waals surface area contributed by atoms with Crippen molar-refractivity contribution in [3.05, 3.63) is 24.3 Å². The van der Waals surface area contributed by atoms with E-state index in [-0.39, 0.29) is 5.69 Å². The normalized spacial score (nSPS) is 13.5. The molecule has 0 aliphatic rings. The van der Waals surface area contributed by atoms with E-state index in [1.165, 1.54) is 12.3 Å². The van der Waals surface area contributed by atoms with Gasteiger partial charge in [-0.25, -0.2) is 18.7 Å². The van der Waals surface area contributed by atoms with Crippen molar-refractivity contribution < 1.29 is 13.9 Å². The van der Waals surface area contributed by atoms with Crippen LogP contribution in [-0.4, -0.2) is 21.5 Å². The summed E-state index contributed by atoms with van der Waals surface area (Å²) < 4.78 is 23.6. The van der Waals surface area contributed by atoms with Crippen LogP contribution in [0.1, 0.15) is 11.8 Å². The van der Waals surface area contributed by atoms with E-state index < -0.39 is 12.5 Å². The number of hydrogen-bond acceptors (Lipinski definition) is 3. The van der Waals surface area contributed by atoms with Crippen LogP contribution in [-0.2, 0) is 0 Å². The van der Waals surface area contributed by atoms with Gasteiger partial charge in [-0.05, 0) is 6.07 Å². The van der Waals surface area contributed by atoms with Crippen molar-refractivity contribution >= 4 is 0 Å². The van der Waals surface area contributed by atoms with E-state index in [1.807, 2.05) is 0 Å². The number of aliphatic hydroxyl groups excluding tert-OH is 1. The molecule has 0 radical (unpaired) electrons. The third-order valence-electron chi connectivity index (χ3n) is 1.15. The van der Waals surface area contributed by atoms with Gasteiger partial charge in [0.05, 0.1) is 5.69 Å². The molecule has 0 bridgehead atoms. The first-order valence-electron chi connectivity index (χ1n) is 2.94. The molecule has 0 spiro atoms. The molecule has 1 unspecified atom stereocenters. The van der Waals surface area contributed by atoms with Crippen LogP contribution in [0, 0.1) is 0 Å². The van der Waals surface area contributed by atoms with Crippen molar-refractivity contribution in [3.63, 3.8) is 0 Å². The lowest BCUT2D eigenvalue weighted by molar-refractivity contribution is -0.00828. The second kappa shape index (κ2) is 3.34.